The third kappa shape index (κ3) is 1.84. The molecule has 0 atom stereocenters. The minimum atomic E-state index is 0.515. The second kappa shape index (κ2) is 4.23. The van der Waals surface area contributed by atoms with Gasteiger partial charge in [-0.05, 0) is 35.7 Å². The molecule has 0 amide bonds. The Bertz CT molecular complexity index is 329. The maximum absolute atomic E-state index is 6.20. The minimum absolute atomic E-state index is 0.515. The number of aromatic nitrogens is 2. The molecule has 0 aromatic carbocycles. The summed E-state index contributed by atoms with van der Waals surface area (Å²) in [5, 5.41) is 5.23. The van der Waals surface area contributed by atoms with Gasteiger partial charge < -0.3 is 0 Å². The zero-order valence-electron chi connectivity index (χ0n) is 8.26. The van der Waals surface area contributed by atoms with E-state index in [0.717, 1.165) is 15.3 Å². The monoisotopic (exact) mass is 276 g/mol. The fraction of sp³-hybridized carbons (Fsp3) is 0.700. The van der Waals surface area contributed by atoms with E-state index in [4.69, 9.17) is 11.6 Å². The molecule has 0 unspecified atom stereocenters. The Labute approximate surface area is 97.8 Å². The van der Waals surface area contributed by atoms with Crippen molar-refractivity contribution in [2.24, 2.45) is 0 Å². The molecule has 0 aliphatic heterocycles. The predicted octanol–water partition coefficient (Wildman–Crippen LogP) is 4.11. The van der Waals surface area contributed by atoms with Crippen LogP contribution >= 0.6 is 27.5 Å². The lowest BCUT2D eigenvalue weighted by molar-refractivity contribution is 0.329. The second-order valence-electron chi connectivity index (χ2n) is 3.93. The smallest absolute Gasteiger partial charge is 0.141 e. The van der Waals surface area contributed by atoms with E-state index in [0.29, 0.717) is 6.04 Å². The molecule has 1 aliphatic rings. The highest BCUT2D eigenvalue weighted by Gasteiger charge is 2.20. The highest BCUT2D eigenvalue weighted by atomic mass is 79.9. The van der Waals surface area contributed by atoms with E-state index in [2.05, 4.69) is 21.0 Å². The maximum atomic E-state index is 6.20. The SMILES string of the molecule is Cc1nn(C2CCCCC2)c(Cl)c1Br. The minimum Gasteiger partial charge on any atom is -0.250 e. The van der Waals surface area contributed by atoms with Crippen LogP contribution < -0.4 is 0 Å². The normalized spacial score (nSPS) is 18.8. The van der Waals surface area contributed by atoms with E-state index in [-0.39, 0.29) is 0 Å². The first-order valence-corrected chi connectivity index (χ1v) is 6.27. The van der Waals surface area contributed by atoms with Crippen LogP contribution in [0.15, 0.2) is 4.47 Å². The topological polar surface area (TPSA) is 17.8 Å². The molecule has 0 bridgehead atoms. The first kappa shape index (κ1) is 10.5. The number of halogens is 2. The van der Waals surface area contributed by atoms with E-state index in [1.54, 1.807) is 0 Å². The number of rotatable bonds is 1. The Morgan fingerprint density at radius 3 is 2.50 bits per heavy atom. The molecular weight excluding hydrogens is 263 g/mol. The molecule has 1 saturated carbocycles. The van der Waals surface area contributed by atoms with Crippen molar-refractivity contribution in [1.82, 2.24) is 9.78 Å². The molecule has 1 aliphatic carbocycles. The first-order valence-electron chi connectivity index (χ1n) is 5.10. The van der Waals surface area contributed by atoms with Crippen molar-refractivity contribution in [1.29, 1.82) is 0 Å². The van der Waals surface area contributed by atoms with E-state index in [1.165, 1.54) is 32.1 Å². The zero-order chi connectivity index (χ0) is 10.1. The van der Waals surface area contributed by atoms with E-state index in [9.17, 15) is 0 Å². The summed E-state index contributed by atoms with van der Waals surface area (Å²) in [4.78, 5) is 0. The molecule has 0 saturated heterocycles. The van der Waals surface area contributed by atoms with Crippen molar-refractivity contribution in [2.45, 2.75) is 45.1 Å². The molecule has 0 N–H and O–H groups in total. The summed E-state index contributed by atoms with van der Waals surface area (Å²) in [6, 6.07) is 0.515. The summed E-state index contributed by atoms with van der Waals surface area (Å²) in [5.74, 6) is 0. The fourth-order valence-electron chi connectivity index (χ4n) is 2.07. The lowest BCUT2D eigenvalue weighted by Crippen LogP contribution is -2.14. The highest BCUT2D eigenvalue weighted by Crippen LogP contribution is 2.34. The summed E-state index contributed by atoms with van der Waals surface area (Å²) >= 11 is 9.65. The van der Waals surface area contributed by atoms with Gasteiger partial charge in [0.05, 0.1) is 16.2 Å². The molecule has 78 valence electrons. The number of nitrogens with zero attached hydrogens (tertiary/aromatic N) is 2. The Kier molecular flexibility index (Phi) is 3.17. The standard InChI is InChI=1S/C10H14BrClN2/c1-7-9(11)10(12)14(13-7)8-5-3-2-4-6-8/h8H,2-6H2,1H3. The van der Waals surface area contributed by atoms with Crippen LogP contribution in [-0.4, -0.2) is 9.78 Å². The van der Waals surface area contributed by atoms with Crippen LogP contribution in [0.4, 0.5) is 0 Å². The molecule has 1 aromatic rings. The molecule has 2 rings (SSSR count). The Morgan fingerprint density at radius 2 is 2.00 bits per heavy atom. The van der Waals surface area contributed by atoms with Crippen LogP contribution in [0.3, 0.4) is 0 Å². The van der Waals surface area contributed by atoms with Gasteiger partial charge in [-0.3, -0.25) is 0 Å². The average Bonchev–Trinajstić information content (AvgIpc) is 2.47. The summed E-state index contributed by atoms with van der Waals surface area (Å²) < 4.78 is 2.94. The van der Waals surface area contributed by atoms with Crippen LogP contribution in [0, 0.1) is 6.92 Å². The lowest BCUT2D eigenvalue weighted by Gasteiger charge is -2.22. The number of hydrogen-bond donors (Lipinski definition) is 0. The van der Waals surface area contributed by atoms with Gasteiger partial charge >= 0.3 is 0 Å². The van der Waals surface area contributed by atoms with Crippen LogP contribution in [0.25, 0.3) is 0 Å². The van der Waals surface area contributed by atoms with E-state index >= 15 is 0 Å². The van der Waals surface area contributed by atoms with Crippen molar-refractivity contribution >= 4 is 27.5 Å². The van der Waals surface area contributed by atoms with E-state index < -0.39 is 0 Å². The summed E-state index contributed by atoms with van der Waals surface area (Å²) in [5.41, 5.74) is 0.987. The molecule has 14 heavy (non-hydrogen) atoms. The van der Waals surface area contributed by atoms with Crippen molar-refractivity contribution in [3.63, 3.8) is 0 Å². The second-order valence-corrected chi connectivity index (χ2v) is 5.08. The largest absolute Gasteiger partial charge is 0.250 e. The molecule has 1 aromatic heterocycles. The Hall–Kier alpha value is -0.0200. The van der Waals surface area contributed by atoms with Gasteiger partial charge in [-0.15, -0.1) is 0 Å². The van der Waals surface area contributed by atoms with Crippen molar-refractivity contribution in [2.75, 3.05) is 0 Å². The highest BCUT2D eigenvalue weighted by molar-refractivity contribution is 9.10. The lowest BCUT2D eigenvalue weighted by atomic mass is 9.96. The van der Waals surface area contributed by atoms with Gasteiger partial charge in [-0.2, -0.15) is 5.10 Å². The molecule has 4 heteroatoms. The maximum Gasteiger partial charge on any atom is 0.141 e. The quantitative estimate of drug-likeness (QED) is 0.755. The average molecular weight is 278 g/mol. The summed E-state index contributed by atoms with van der Waals surface area (Å²) in [6.45, 7) is 1.98. The number of hydrogen-bond acceptors (Lipinski definition) is 1. The number of aryl methyl sites for hydroxylation is 1. The van der Waals surface area contributed by atoms with Crippen LogP contribution in [0.1, 0.15) is 43.8 Å². The van der Waals surface area contributed by atoms with Crippen LogP contribution in [0.2, 0.25) is 5.15 Å². The Morgan fingerprint density at radius 1 is 1.36 bits per heavy atom. The van der Waals surface area contributed by atoms with E-state index in [1.807, 2.05) is 11.6 Å². The molecule has 0 spiro atoms. The van der Waals surface area contributed by atoms with Gasteiger partial charge in [0, 0.05) is 0 Å². The van der Waals surface area contributed by atoms with Crippen molar-refractivity contribution < 1.29 is 0 Å². The molecule has 1 fully saturated rings. The van der Waals surface area contributed by atoms with Gasteiger partial charge in [0.1, 0.15) is 5.15 Å². The van der Waals surface area contributed by atoms with Gasteiger partial charge in [0.2, 0.25) is 0 Å². The summed E-state index contributed by atoms with van der Waals surface area (Å²) in [7, 11) is 0. The third-order valence-corrected chi connectivity index (χ3v) is 4.42. The molecule has 1 heterocycles. The molecule has 0 radical (unpaired) electrons. The van der Waals surface area contributed by atoms with Crippen LogP contribution in [0.5, 0.6) is 0 Å². The predicted molar refractivity (Wildman–Crippen MR) is 61.8 cm³/mol. The fourth-order valence-corrected chi connectivity index (χ4v) is 2.64. The first-order chi connectivity index (χ1) is 6.70. The van der Waals surface area contributed by atoms with Crippen molar-refractivity contribution in [3.8, 4) is 0 Å². The van der Waals surface area contributed by atoms with Gasteiger partial charge in [0.25, 0.3) is 0 Å². The van der Waals surface area contributed by atoms with Crippen LogP contribution in [-0.2, 0) is 0 Å². The third-order valence-electron chi connectivity index (χ3n) is 2.88. The molecular formula is C10H14BrClN2. The van der Waals surface area contributed by atoms with Gasteiger partial charge in [-0.25, -0.2) is 4.68 Å². The zero-order valence-corrected chi connectivity index (χ0v) is 10.6. The summed E-state index contributed by atoms with van der Waals surface area (Å²) in [6.07, 6.45) is 6.39. The Balaban J connectivity index is 2.26. The van der Waals surface area contributed by atoms with Crippen molar-refractivity contribution in [3.05, 3.63) is 15.3 Å². The van der Waals surface area contributed by atoms with Gasteiger partial charge in [0.15, 0.2) is 0 Å². The van der Waals surface area contributed by atoms with Gasteiger partial charge in [-0.1, -0.05) is 30.9 Å². The molecule has 2 nitrogen and oxygen atoms in total.